The Morgan fingerprint density at radius 1 is 1.21 bits per heavy atom. The fourth-order valence-corrected chi connectivity index (χ4v) is 3.55. The maximum absolute atomic E-state index is 11.2. The molecule has 1 amide bonds. The number of hydrogen-bond acceptors (Lipinski definition) is 6. The van der Waals surface area contributed by atoms with Crippen molar-refractivity contribution in [1.29, 1.82) is 0 Å². The van der Waals surface area contributed by atoms with Gasteiger partial charge in [-0.1, -0.05) is 37.7 Å². The second kappa shape index (κ2) is 9.60. The Bertz CT molecular complexity index is 954. The molecular formula is C22H25N3O3S. The lowest BCUT2D eigenvalue weighted by Gasteiger charge is -2.16. The summed E-state index contributed by atoms with van der Waals surface area (Å²) in [6.45, 7) is 6.75. The minimum absolute atomic E-state index is 0.0512. The zero-order valence-electron chi connectivity index (χ0n) is 17.1. The number of ether oxygens (including phenoxy) is 2. The molecule has 0 unspecified atom stereocenters. The van der Waals surface area contributed by atoms with Crippen molar-refractivity contribution in [3.63, 3.8) is 0 Å². The van der Waals surface area contributed by atoms with Crippen LogP contribution < -0.4 is 14.8 Å². The molecule has 1 N–H and O–H groups in total. The molecule has 1 aliphatic rings. The summed E-state index contributed by atoms with van der Waals surface area (Å²) in [6.07, 6.45) is 1.65. The van der Waals surface area contributed by atoms with Crippen LogP contribution >= 0.6 is 11.8 Å². The highest BCUT2D eigenvalue weighted by atomic mass is 32.2. The van der Waals surface area contributed by atoms with Crippen molar-refractivity contribution < 1.29 is 14.3 Å². The number of benzene rings is 2. The normalized spacial score (nSPS) is 15.3. The predicted molar refractivity (Wildman–Crippen MR) is 118 cm³/mol. The summed E-state index contributed by atoms with van der Waals surface area (Å²) in [6, 6.07) is 12.0. The summed E-state index contributed by atoms with van der Waals surface area (Å²) in [5.41, 5.74) is 4.13. The Kier molecular flexibility index (Phi) is 6.93. The molecule has 0 aliphatic carbocycles. The molecule has 2 aromatic carbocycles. The highest BCUT2D eigenvalue weighted by molar-refractivity contribution is 8.15. The summed E-state index contributed by atoms with van der Waals surface area (Å²) in [4.78, 5) is 11.2. The third-order valence-corrected chi connectivity index (χ3v) is 5.28. The summed E-state index contributed by atoms with van der Waals surface area (Å²) in [7, 11) is 1.64. The van der Waals surface area contributed by atoms with Crippen LogP contribution in [-0.4, -0.2) is 30.2 Å². The number of amidine groups is 1. The van der Waals surface area contributed by atoms with Crippen LogP contribution in [0, 0.1) is 6.92 Å². The molecule has 1 heterocycles. The lowest BCUT2D eigenvalue weighted by Crippen LogP contribution is -2.19. The summed E-state index contributed by atoms with van der Waals surface area (Å²) in [5.74, 6) is 2.35. The first-order chi connectivity index (χ1) is 14.0. The van der Waals surface area contributed by atoms with Crippen LogP contribution in [0.15, 0.2) is 46.6 Å². The number of amides is 1. The topological polar surface area (TPSA) is 72.3 Å². The van der Waals surface area contributed by atoms with Crippen molar-refractivity contribution in [3.8, 4) is 11.5 Å². The smallest absolute Gasteiger partial charge is 0.236 e. The zero-order chi connectivity index (χ0) is 20.8. The van der Waals surface area contributed by atoms with Crippen LogP contribution in [0.5, 0.6) is 11.5 Å². The summed E-state index contributed by atoms with van der Waals surface area (Å²) < 4.78 is 11.6. The Morgan fingerprint density at radius 3 is 2.72 bits per heavy atom. The van der Waals surface area contributed by atoms with E-state index in [0.717, 1.165) is 28.2 Å². The van der Waals surface area contributed by atoms with E-state index in [1.807, 2.05) is 18.2 Å². The molecule has 152 valence electrons. The van der Waals surface area contributed by atoms with Gasteiger partial charge in [-0.3, -0.25) is 4.79 Å². The van der Waals surface area contributed by atoms with Gasteiger partial charge < -0.3 is 14.8 Å². The monoisotopic (exact) mass is 411 g/mol. The van der Waals surface area contributed by atoms with E-state index in [1.54, 1.807) is 13.3 Å². The average molecular weight is 412 g/mol. The molecule has 1 aliphatic heterocycles. The van der Waals surface area contributed by atoms with Gasteiger partial charge in [0.1, 0.15) is 18.1 Å². The molecule has 3 rings (SSSR count). The van der Waals surface area contributed by atoms with Gasteiger partial charge in [0, 0.05) is 5.56 Å². The lowest BCUT2D eigenvalue weighted by molar-refractivity contribution is -0.116. The highest BCUT2D eigenvalue weighted by Gasteiger charge is 2.16. The van der Waals surface area contributed by atoms with E-state index in [1.165, 1.54) is 17.3 Å². The molecule has 0 radical (unpaired) electrons. The molecule has 0 spiro atoms. The van der Waals surface area contributed by atoms with Crippen molar-refractivity contribution in [3.05, 3.63) is 58.7 Å². The van der Waals surface area contributed by atoms with Gasteiger partial charge in [-0.25, -0.2) is 0 Å². The van der Waals surface area contributed by atoms with Gasteiger partial charge >= 0.3 is 0 Å². The minimum Gasteiger partial charge on any atom is -0.496 e. The fourth-order valence-electron chi connectivity index (χ4n) is 2.92. The molecule has 0 aromatic heterocycles. The van der Waals surface area contributed by atoms with Gasteiger partial charge in [0.25, 0.3) is 0 Å². The molecule has 0 saturated carbocycles. The molecule has 0 atom stereocenters. The van der Waals surface area contributed by atoms with E-state index in [2.05, 4.69) is 54.5 Å². The van der Waals surface area contributed by atoms with Crippen LogP contribution in [-0.2, 0) is 11.4 Å². The van der Waals surface area contributed by atoms with Gasteiger partial charge in [0.05, 0.1) is 19.1 Å². The first-order valence-electron chi connectivity index (χ1n) is 9.40. The van der Waals surface area contributed by atoms with E-state index in [-0.39, 0.29) is 5.91 Å². The van der Waals surface area contributed by atoms with Crippen molar-refractivity contribution in [2.45, 2.75) is 33.3 Å². The van der Waals surface area contributed by atoms with E-state index in [0.29, 0.717) is 23.4 Å². The van der Waals surface area contributed by atoms with Crippen LogP contribution in [0.1, 0.15) is 42.0 Å². The van der Waals surface area contributed by atoms with Crippen LogP contribution in [0.2, 0.25) is 0 Å². The number of hydrogen-bond donors (Lipinski definition) is 1. The van der Waals surface area contributed by atoms with Crippen molar-refractivity contribution >= 4 is 29.1 Å². The number of thioether (sulfide) groups is 1. The second-order valence-corrected chi connectivity index (χ2v) is 8.01. The molecule has 1 fully saturated rings. The standard InChI is InChI=1S/C22H25N3O3S/c1-14(2)18-7-5-15(3)9-20(18)28-12-17-10-16(6-8-19(17)27-4)11-23-25-22-24-21(26)13-29-22/h5-11,14H,12-13H2,1-4H3,(H,24,25,26). The Hall–Kier alpha value is -2.80. The van der Waals surface area contributed by atoms with Crippen molar-refractivity contribution in [2.75, 3.05) is 12.9 Å². The SMILES string of the molecule is COc1ccc(C=NN=C2NC(=O)CS2)cc1COc1cc(C)ccc1C(C)C. The molecule has 0 bridgehead atoms. The third kappa shape index (κ3) is 5.60. The van der Waals surface area contributed by atoms with E-state index in [4.69, 9.17) is 9.47 Å². The van der Waals surface area contributed by atoms with Crippen molar-refractivity contribution in [2.24, 2.45) is 10.2 Å². The zero-order valence-corrected chi connectivity index (χ0v) is 17.9. The molecule has 1 saturated heterocycles. The lowest BCUT2D eigenvalue weighted by atomic mass is 10.0. The first kappa shape index (κ1) is 20.9. The van der Waals surface area contributed by atoms with E-state index >= 15 is 0 Å². The quantitative estimate of drug-likeness (QED) is 0.546. The summed E-state index contributed by atoms with van der Waals surface area (Å²) in [5, 5.41) is 11.3. The van der Waals surface area contributed by atoms with E-state index < -0.39 is 0 Å². The molecule has 6 nitrogen and oxygen atoms in total. The number of aryl methyl sites for hydroxylation is 1. The average Bonchev–Trinajstić information content (AvgIpc) is 3.11. The molecule has 7 heteroatoms. The molecule has 29 heavy (non-hydrogen) atoms. The Morgan fingerprint density at radius 2 is 2.03 bits per heavy atom. The van der Waals surface area contributed by atoms with Crippen LogP contribution in [0.25, 0.3) is 0 Å². The number of nitrogens with zero attached hydrogens (tertiary/aromatic N) is 2. The fraction of sp³-hybridized carbons (Fsp3) is 0.318. The van der Waals surface area contributed by atoms with Gasteiger partial charge in [0.15, 0.2) is 5.17 Å². The largest absolute Gasteiger partial charge is 0.496 e. The molecule has 2 aromatic rings. The van der Waals surface area contributed by atoms with Gasteiger partial charge in [-0.05, 0) is 53.8 Å². The molecular weight excluding hydrogens is 386 g/mol. The predicted octanol–water partition coefficient (Wildman–Crippen LogP) is 4.26. The first-order valence-corrected chi connectivity index (χ1v) is 10.4. The Balaban J connectivity index is 1.76. The number of carbonyl (C=O) groups is 1. The van der Waals surface area contributed by atoms with E-state index in [9.17, 15) is 4.79 Å². The Labute approximate surface area is 175 Å². The van der Waals surface area contributed by atoms with Crippen LogP contribution in [0.3, 0.4) is 0 Å². The third-order valence-electron chi connectivity index (χ3n) is 4.42. The minimum atomic E-state index is -0.0512. The summed E-state index contributed by atoms with van der Waals surface area (Å²) >= 11 is 1.34. The van der Waals surface area contributed by atoms with Gasteiger partial charge in [-0.15, -0.1) is 5.10 Å². The maximum atomic E-state index is 11.2. The number of carbonyl (C=O) groups excluding carboxylic acids is 1. The van der Waals surface area contributed by atoms with Crippen LogP contribution in [0.4, 0.5) is 0 Å². The second-order valence-electron chi connectivity index (χ2n) is 7.04. The van der Waals surface area contributed by atoms with Gasteiger partial charge in [0.2, 0.25) is 5.91 Å². The number of rotatable bonds is 7. The number of methoxy groups -OCH3 is 1. The maximum Gasteiger partial charge on any atom is 0.236 e. The van der Waals surface area contributed by atoms with Crippen molar-refractivity contribution in [1.82, 2.24) is 5.32 Å². The van der Waals surface area contributed by atoms with Gasteiger partial charge in [-0.2, -0.15) is 5.10 Å². The highest BCUT2D eigenvalue weighted by Crippen LogP contribution is 2.29. The number of nitrogens with one attached hydrogen (secondary N) is 1.